The quantitative estimate of drug-likeness (QED) is 0.110. The number of carbonyl (C=O) groups excluding carboxylic acids is 1. The van der Waals surface area contributed by atoms with Crippen LogP contribution >= 0.6 is 23.2 Å². The molecule has 4 rings (SSSR count). The summed E-state index contributed by atoms with van der Waals surface area (Å²) in [5.41, 5.74) is 16.2. The standard InChI is InChI=1S/C26H23Cl2FN6O3S.H2O4S/c27-20-10-5-17(13-21(20)28)23-22(34-25(31)35-24(23)30)11-4-15-2-1-3-16(12-15)14-32-26(36)33-18-6-8-19(9-7-18)39(29,37)38;1-5(2,3)4/h1-3,5-10,12-13H,4,11,14H2,(H2,32,33,36)(H4,30,31,34,35);(H2,1,2,3,4). The van der Waals surface area contributed by atoms with Crippen molar-refractivity contribution in [1.82, 2.24) is 15.3 Å². The predicted octanol–water partition coefficient (Wildman–Crippen LogP) is 4.73. The first-order valence-electron chi connectivity index (χ1n) is 12.2. The van der Waals surface area contributed by atoms with Gasteiger partial charge >= 0.3 is 26.7 Å². The number of nitrogens with zero attached hydrogens (tertiary/aromatic N) is 2. The summed E-state index contributed by atoms with van der Waals surface area (Å²) in [5.74, 6) is 0.303. The van der Waals surface area contributed by atoms with E-state index in [9.17, 15) is 17.1 Å². The normalized spacial score (nSPS) is 11.3. The molecule has 13 nitrogen and oxygen atoms in total. The van der Waals surface area contributed by atoms with Gasteiger partial charge in [-0.3, -0.25) is 9.11 Å². The molecule has 1 heterocycles. The largest absolute Gasteiger partial charge is 0.394 e. The number of anilines is 3. The number of aromatic nitrogens is 2. The minimum atomic E-state index is -4.80. The Morgan fingerprint density at radius 1 is 0.864 bits per heavy atom. The molecule has 0 bridgehead atoms. The maximum Gasteiger partial charge on any atom is 0.394 e. The monoisotopic (exact) mass is 686 g/mol. The van der Waals surface area contributed by atoms with Crippen molar-refractivity contribution in [2.75, 3.05) is 16.8 Å². The number of benzene rings is 3. The van der Waals surface area contributed by atoms with E-state index in [1.165, 1.54) is 12.1 Å². The molecule has 0 unspecified atom stereocenters. The summed E-state index contributed by atoms with van der Waals surface area (Å²) in [6.45, 7) is 0.235. The van der Waals surface area contributed by atoms with Gasteiger partial charge in [-0.05, 0) is 65.9 Å². The molecule has 1 aromatic heterocycles. The van der Waals surface area contributed by atoms with Crippen molar-refractivity contribution >= 4 is 67.3 Å². The summed E-state index contributed by atoms with van der Waals surface area (Å²) >= 11 is 12.3. The zero-order valence-corrected chi connectivity index (χ0v) is 25.6. The Balaban J connectivity index is 0.000000978. The van der Waals surface area contributed by atoms with Crippen molar-refractivity contribution in [2.45, 2.75) is 24.3 Å². The van der Waals surface area contributed by atoms with E-state index in [-0.39, 0.29) is 18.3 Å². The molecular formula is C26H25Cl2FN6O7S2. The van der Waals surface area contributed by atoms with Crippen LogP contribution in [0.3, 0.4) is 0 Å². The average Bonchev–Trinajstić information content (AvgIpc) is 2.91. The third-order valence-corrected chi connectivity index (χ3v) is 7.30. The van der Waals surface area contributed by atoms with Crippen LogP contribution in [-0.2, 0) is 40.0 Å². The first-order valence-corrected chi connectivity index (χ1v) is 15.8. The Labute approximate surface area is 262 Å². The van der Waals surface area contributed by atoms with Crippen molar-refractivity contribution in [1.29, 1.82) is 0 Å². The number of halogens is 3. The molecule has 0 radical (unpaired) electrons. The van der Waals surface area contributed by atoms with Gasteiger partial charge in [-0.15, -0.1) is 3.89 Å². The Kier molecular flexibility index (Phi) is 11.4. The summed E-state index contributed by atoms with van der Waals surface area (Å²) in [6, 6.07) is 17.0. The molecule has 0 aliphatic carbocycles. The Hall–Kier alpha value is -4.06. The highest BCUT2D eigenvalue weighted by atomic mass is 35.5. The van der Waals surface area contributed by atoms with Crippen LogP contribution in [-0.4, -0.2) is 41.9 Å². The van der Waals surface area contributed by atoms with Gasteiger partial charge < -0.3 is 22.1 Å². The van der Waals surface area contributed by atoms with Crippen molar-refractivity contribution in [3.8, 4) is 11.1 Å². The van der Waals surface area contributed by atoms with Crippen molar-refractivity contribution in [2.24, 2.45) is 0 Å². The van der Waals surface area contributed by atoms with E-state index in [2.05, 4.69) is 20.6 Å². The van der Waals surface area contributed by atoms with E-state index in [1.54, 1.807) is 18.2 Å². The maximum absolute atomic E-state index is 13.0. The topological polar surface area (TPSA) is 228 Å². The maximum atomic E-state index is 13.0. The van der Waals surface area contributed by atoms with E-state index >= 15 is 0 Å². The Bertz CT molecular complexity index is 1870. The first kappa shape index (κ1) is 34.4. The van der Waals surface area contributed by atoms with Gasteiger partial charge in [0, 0.05) is 17.8 Å². The third kappa shape index (κ3) is 10.9. The highest BCUT2D eigenvalue weighted by Gasteiger charge is 2.16. The molecule has 0 aliphatic rings. The fourth-order valence-electron chi connectivity index (χ4n) is 3.91. The first-order chi connectivity index (χ1) is 20.5. The summed E-state index contributed by atoms with van der Waals surface area (Å²) in [4.78, 5) is 20.3. The molecule has 0 atom stereocenters. The number of nitrogen functional groups attached to an aromatic ring is 2. The number of hydrogen-bond acceptors (Lipinski definition) is 9. The summed E-state index contributed by atoms with van der Waals surface area (Å²) in [6.07, 6.45) is 1.11. The van der Waals surface area contributed by atoms with Gasteiger partial charge in [0.05, 0.1) is 20.6 Å². The van der Waals surface area contributed by atoms with Crippen LogP contribution in [0.1, 0.15) is 16.8 Å². The lowest BCUT2D eigenvalue weighted by atomic mass is 9.99. The number of nitrogens with one attached hydrogen (secondary N) is 2. The minimum absolute atomic E-state index is 0.0660. The van der Waals surface area contributed by atoms with E-state index in [4.69, 9.17) is 52.2 Å². The second-order valence-electron chi connectivity index (χ2n) is 8.96. The number of carbonyl (C=O) groups is 1. The molecule has 2 amide bonds. The molecule has 0 saturated carbocycles. The molecule has 0 saturated heterocycles. The highest BCUT2D eigenvalue weighted by Crippen LogP contribution is 2.33. The lowest BCUT2D eigenvalue weighted by Gasteiger charge is -2.13. The van der Waals surface area contributed by atoms with Gasteiger partial charge in [0.2, 0.25) is 5.95 Å². The summed E-state index contributed by atoms with van der Waals surface area (Å²) < 4.78 is 66.4. The van der Waals surface area contributed by atoms with Gasteiger partial charge in [-0.1, -0.05) is 53.5 Å². The smallest absolute Gasteiger partial charge is 0.383 e. The van der Waals surface area contributed by atoms with Gasteiger partial charge in [-0.2, -0.15) is 21.8 Å². The SMILES string of the molecule is Nc1nc(N)c(-c2ccc(Cl)c(Cl)c2)c(CCc2cccc(CNC(=O)Nc3ccc(S(=O)(=O)F)cc3)c2)n1.O=S(=O)(O)O. The van der Waals surface area contributed by atoms with E-state index < -0.39 is 31.5 Å². The fraction of sp³-hybridized carbons (Fsp3) is 0.115. The molecule has 44 heavy (non-hydrogen) atoms. The fourth-order valence-corrected chi connectivity index (χ4v) is 4.67. The van der Waals surface area contributed by atoms with Crippen LogP contribution in [0.25, 0.3) is 11.1 Å². The molecule has 0 spiro atoms. The molecule has 3 aromatic carbocycles. The van der Waals surface area contributed by atoms with Crippen LogP contribution in [0.4, 0.5) is 26.1 Å². The second kappa shape index (κ2) is 14.6. The van der Waals surface area contributed by atoms with Gasteiger partial charge in [0.15, 0.2) is 0 Å². The number of urea groups is 1. The Morgan fingerprint density at radius 3 is 2.11 bits per heavy atom. The van der Waals surface area contributed by atoms with E-state index in [0.29, 0.717) is 39.8 Å². The molecule has 0 aliphatic heterocycles. The summed E-state index contributed by atoms with van der Waals surface area (Å²) in [5, 5.41) is 6.10. The van der Waals surface area contributed by atoms with Crippen LogP contribution in [0.2, 0.25) is 10.0 Å². The lowest BCUT2D eigenvalue weighted by Crippen LogP contribution is -2.28. The zero-order chi connectivity index (χ0) is 32.7. The summed E-state index contributed by atoms with van der Waals surface area (Å²) in [7, 11) is -9.47. The third-order valence-electron chi connectivity index (χ3n) is 5.73. The number of nitrogens with two attached hydrogens (primary N) is 2. The van der Waals surface area contributed by atoms with Crippen LogP contribution in [0.5, 0.6) is 0 Å². The molecular weight excluding hydrogens is 662 g/mol. The average molecular weight is 688 g/mol. The highest BCUT2D eigenvalue weighted by molar-refractivity contribution is 7.86. The predicted molar refractivity (Wildman–Crippen MR) is 165 cm³/mol. The van der Waals surface area contributed by atoms with Crippen molar-refractivity contribution in [3.63, 3.8) is 0 Å². The number of amides is 2. The van der Waals surface area contributed by atoms with Crippen LogP contribution in [0.15, 0.2) is 71.6 Å². The number of aryl methyl sites for hydroxylation is 2. The van der Waals surface area contributed by atoms with Gasteiger partial charge in [-0.25, -0.2) is 9.78 Å². The van der Waals surface area contributed by atoms with Gasteiger partial charge in [0.25, 0.3) is 0 Å². The molecule has 4 aromatic rings. The molecule has 8 N–H and O–H groups in total. The molecule has 0 fully saturated rings. The van der Waals surface area contributed by atoms with Gasteiger partial charge in [0.1, 0.15) is 5.82 Å². The number of rotatable bonds is 8. The van der Waals surface area contributed by atoms with Crippen LogP contribution < -0.4 is 22.1 Å². The minimum Gasteiger partial charge on any atom is -0.383 e. The van der Waals surface area contributed by atoms with Crippen molar-refractivity contribution in [3.05, 3.63) is 93.6 Å². The van der Waals surface area contributed by atoms with Crippen molar-refractivity contribution < 1.29 is 34.6 Å². The van der Waals surface area contributed by atoms with Crippen LogP contribution in [0, 0.1) is 0 Å². The van der Waals surface area contributed by atoms with E-state index in [0.717, 1.165) is 28.8 Å². The van der Waals surface area contributed by atoms with E-state index in [1.807, 2.05) is 24.3 Å². The zero-order valence-electron chi connectivity index (χ0n) is 22.4. The second-order valence-corrected chi connectivity index (χ2v) is 12.0. The molecule has 18 heteroatoms. The lowest BCUT2D eigenvalue weighted by molar-refractivity contribution is 0.251. The Morgan fingerprint density at radius 2 is 1.50 bits per heavy atom. The molecule has 234 valence electrons. The number of hydrogen-bond donors (Lipinski definition) is 6.